The number of ether oxygens (including phenoxy) is 1. The van der Waals surface area contributed by atoms with Gasteiger partial charge in [0.15, 0.2) is 0 Å². The Hall–Kier alpha value is -1.58. The maximum Gasteiger partial charge on any atom is 0.306 e. The third-order valence-electron chi connectivity index (χ3n) is 3.31. The van der Waals surface area contributed by atoms with Gasteiger partial charge >= 0.3 is 5.69 Å². The molecule has 1 aromatic carbocycles. The molecule has 1 aliphatic rings. The molecule has 0 aliphatic carbocycles. The van der Waals surface area contributed by atoms with Crippen molar-refractivity contribution in [2.24, 2.45) is 5.41 Å². The van der Waals surface area contributed by atoms with Gasteiger partial charge in [-0.25, -0.2) is 13.1 Å². The van der Waals surface area contributed by atoms with Crippen LogP contribution in [0.4, 0.5) is 10.1 Å². The molecule has 1 fully saturated rings. The molecule has 0 bridgehead atoms. The van der Waals surface area contributed by atoms with Gasteiger partial charge in [-0.1, -0.05) is 6.92 Å². The number of sulfonamides is 1. The van der Waals surface area contributed by atoms with Crippen molar-refractivity contribution in [2.75, 3.05) is 19.8 Å². The van der Waals surface area contributed by atoms with Crippen LogP contribution < -0.4 is 4.72 Å². The quantitative estimate of drug-likeness (QED) is 0.653. The second kappa shape index (κ2) is 5.32. The number of nitrogens with one attached hydrogen (secondary N) is 1. The van der Waals surface area contributed by atoms with Gasteiger partial charge in [0.05, 0.1) is 23.0 Å². The van der Waals surface area contributed by atoms with Crippen LogP contribution in [0.5, 0.6) is 0 Å². The topological polar surface area (TPSA) is 98.5 Å². The molecule has 0 radical (unpaired) electrons. The van der Waals surface area contributed by atoms with Crippen LogP contribution in [-0.2, 0) is 14.8 Å². The van der Waals surface area contributed by atoms with Gasteiger partial charge in [0.2, 0.25) is 15.8 Å². The Bertz CT molecular complexity index is 685. The SMILES string of the molecule is Cc1cc(S(=O)(=O)NCC2(C)COC2)cc([N+](=O)[O-])c1F. The molecule has 0 amide bonds. The summed E-state index contributed by atoms with van der Waals surface area (Å²) in [6.45, 7) is 4.18. The fourth-order valence-electron chi connectivity index (χ4n) is 1.91. The van der Waals surface area contributed by atoms with Crippen LogP contribution in [0.2, 0.25) is 0 Å². The summed E-state index contributed by atoms with van der Waals surface area (Å²) in [4.78, 5) is 9.50. The molecule has 7 nitrogen and oxygen atoms in total. The molecule has 0 unspecified atom stereocenters. The van der Waals surface area contributed by atoms with Crippen molar-refractivity contribution in [1.82, 2.24) is 4.72 Å². The lowest BCUT2D eigenvalue weighted by molar-refractivity contribution is -0.387. The summed E-state index contributed by atoms with van der Waals surface area (Å²) in [5.74, 6) is -1.03. The van der Waals surface area contributed by atoms with E-state index >= 15 is 0 Å². The third-order valence-corrected chi connectivity index (χ3v) is 4.69. The number of rotatable bonds is 5. The van der Waals surface area contributed by atoms with Crippen molar-refractivity contribution in [1.29, 1.82) is 0 Å². The summed E-state index contributed by atoms with van der Waals surface area (Å²) >= 11 is 0. The lowest BCUT2D eigenvalue weighted by Gasteiger charge is -2.37. The maximum atomic E-state index is 13.6. The predicted octanol–water partition coefficient (Wildman–Crippen LogP) is 1.36. The van der Waals surface area contributed by atoms with Crippen molar-refractivity contribution in [3.63, 3.8) is 0 Å². The zero-order chi connectivity index (χ0) is 15.8. The zero-order valence-corrected chi connectivity index (χ0v) is 12.4. The first-order chi connectivity index (χ1) is 9.65. The summed E-state index contributed by atoms with van der Waals surface area (Å²) < 4.78 is 45.3. The average molecular weight is 318 g/mol. The Labute approximate surface area is 121 Å². The van der Waals surface area contributed by atoms with E-state index < -0.39 is 26.5 Å². The molecule has 1 aromatic rings. The Morgan fingerprint density at radius 1 is 1.48 bits per heavy atom. The van der Waals surface area contributed by atoms with E-state index in [1.165, 1.54) is 6.92 Å². The predicted molar refractivity (Wildman–Crippen MR) is 71.9 cm³/mol. The van der Waals surface area contributed by atoms with E-state index in [2.05, 4.69) is 4.72 Å². The maximum absolute atomic E-state index is 13.6. The number of nitro benzene ring substituents is 1. The number of halogens is 1. The summed E-state index contributed by atoms with van der Waals surface area (Å²) in [5, 5.41) is 10.8. The average Bonchev–Trinajstić information content (AvgIpc) is 2.36. The molecule has 0 aromatic heterocycles. The van der Waals surface area contributed by atoms with E-state index in [4.69, 9.17) is 4.74 Å². The highest BCUT2D eigenvalue weighted by Gasteiger charge is 2.35. The van der Waals surface area contributed by atoms with E-state index in [-0.39, 0.29) is 22.4 Å². The molecule has 0 spiro atoms. The fourth-order valence-corrected chi connectivity index (χ4v) is 3.22. The van der Waals surface area contributed by atoms with Gasteiger partial charge < -0.3 is 4.74 Å². The van der Waals surface area contributed by atoms with Gasteiger partial charge in [-0.15, -0.1) is 0 Å². The molecule has 0 atom stereocenters. The summed E-state index contributed by atoms with van der Waals surface area (Å²) in [6, 6.07) is 1.80. The van der Waals surface area contributed by atoms with Crippen LogP contribution in [0.3, 0.4) is 0 Å². The Morgan fingerprint density at radius 2 is 2.10 bits per heavy atom. The van der Waals surface area contributed by atoms with Crippen molar-refractivity contribution >= 4 is 15.7 Å². The van der Waals surface area contributed by atoms with Crippen molar-refractivity contribution in [3.05, 3.63) is 33.6 Å². The second-order valence-corrected chi connectivity index (χ2v) is 7.23. The van der Waals surface area contributed by atoms with Gasteiger partial charge in [0.25, 0.3) is 0 Å². The molecule has 1 heterocycles. The molecule has 0 saturated carbocycles. The van der Waals surface area contributed by atoms with Crippen molar-refractivity contribution < 1.29 is 22.5 Å². The smallest absolute Gasteiger partial charge is 0.306 e. The van der Waals surface area contributed by atoms with Crippen LogP contribution in [0.1, 0.15) is 12.5 Å². The minimum absolute atomic E-state index is 0.0947. The molecule has 2 rings (SSSR count). The largest absolute Gasteiger partial charge is 0.380 e. The van der Waals surface area contributed by atoms with Crippen LogP contribution in [0.15, 0.2) is 17.0 Å². The Kier molecular flexibility index (Phi) is 4.00. The minimum Gasteiger partial charge on any atom is -0.380 e. The van der Waals surface area contributed by atoms with Crippen LogP contribution in [-0.4, -0.2) is 33.1 Å². The number of benzene rings is 1. The number of aryl methyl sites for hydroxylation is 1. The standard InChI is InChI=1S/C12H15FN2O5S/c1-8-3-9(4-10(11(8)13)15(16)17)21(18,19)14-5-12(2)6-20-7-12/h3-4,14H,5-7H2,1-2H3. The number of nitrogens with zero attached hydrogens (tertiary/aromatic N) is 1. The van der Waals surface area contributed by atoms with Crippen molar-refractivity contribution in [3.8, 4) is 0 Å². The molecular formula is C12H15FN2O5S. The molecular weight excluding hydrogens is 303 g/mol. The lowest BCUT2D eigenvalue weighted by atomic mass is 9.89. The normalized spacial score (nSPS) is 17.3. The van der Waals surface area contributed by atoms with Crippen LogP contribution in [0.25, 0.3) is 0 Å². The number of nitro groups is 1. The van der Waals surface area contributed by atoms with Gasteiger partial charge in [0.1, 0.15) is 0 Å². The molecule has 116 valence electrons. The first kappa shape index (κ1) is 15.8. The van der Waals surface area contributed by atoms with E-state index in [0.717, 1.165) is 12.1 Å². The molecule has 9 heteroatoms. The monoisotopic (exact) mass is 318 g/mol. The summed E-state index contributed by atoms with van der Waals surface area (Å²) in [6.07, 6.45) is 0. The molecule has 1 aliphatic heterocycles. The number of hydrogen-bond donors (Lipinski definition) is 1. The molecule has 21 heavy (non-hydrogen) atoms. The van der Waals surface area contributed by atoms with Gasteiger partial charge in [-0.3, -0.25) is 10.1 Å². The zero-order valence-electron chi connectivity index (χ0n) is 11.6. The first-order valence-electron chi connectivity index (χ1n) is 6.17. The highest BCUT2D eigenvalue weighted by atomic mass is 32.2. The fraction of sp³-hybridized carbons (Fsp3) is 0.500. The highest BCUT2D eigenvalue weighted by Crippen LogP contribution is 2.28. The van der Waals surface area contributed by atoms with Crippen molar-refractivity contribution in [2.45, 2.75) is 18.7 Å². The van der Waals surface area contributed by atoms with E-state index in [1.54, 1.807) is 0 Å². The Morgan fingerprint density at radius 3 is 2.57 bits per heavy atom. The van der Waals surface area contributed by atoms with E-state index in [9.17, 15) is 22.9 Å². The Balaban J connectivity index is 2.29. The van der Waals surface area contributed by atoms with Gasteiger partial charge in [-0.2, -0.15) is 4.39 Å². The van der Waals surface area contributed by atoms with E-state index in [1.807, 2.05) is 6.92 Å². The lowest BCUT2D eigenvalue weighted by Crippen LogP contribution is -2.48. The highest BCUT2D eigenvalue weighted by molar-refractivity contribution is 7.89. The summed E-state index contributed by atoms with van der Waals surface area (Å²) in [7, 11) is -3.94. The minimum atomic E-state index is -3.94. The first-order valence-corrected chi connectivity index (χ1v) is 7.65. The third kappa shape index (κ3) is 3.20. The molecule has 1 N–H and O–H groups in total. The van der Waals surface area contributed by atoms with Gasteiger partial charge in [-0.05, 0) is 18.6 Å². The van der Waals surface area contributed by atoms with E-state index in [0.29, 0.717) is 13.2 Å². The summed E-state index contributed by atoms with van der Waals surface area (Å²) in [5.41, 5.74) is -1.23. The van der Waals surface area contributed by atoms with Crippen LogP contribution in [0, 0.1) is 28.3 Å². The second-order valence-electron chi connectivity index (χ2n) is 5.46. The van der Waals surface area contributed by atoms with Gasteiger partial charge in [0, 0.05) is 18.0 Å². The van der Waals surface area contributed by atoms with Crippen LogP contribution >= 0.6 is 0 Å². The molecule has 1 saturated heterocycles. The number of hydrogen-bond acceptors (Lipinski definition) is 5.